The summed E-state index contributed by atoms with van der Waals surface area (Å²) in [5.74, 6) is -5.48. The summed E-state index contributed by atoms with van der Waals surface area (Å²) in [5, 5.41) is 29.0. The zero-order chi connectivity index (χ0) is 32.2. The molecule has 44 heavy (non-hydrogen) atoms. The van der Waals surface area contributed by atoms with E-state index in [-0.39, 0.29) is 19.3 Å². The zero-order valence-electron chi connectivity index (χ0n) is 24.0. The van der Waals surface area contributed by atoms with Gasteiger partial charge in [0.25, 0.3) is 0 Å². The van der Waals surface area contributed by atoms with Gasteiger partial charge in [0.15, 0.2) is 0 Å². The van der Waals surface area contributed by atoms with E-state index in [2.05, 4.69) is 26.3 Å². The lowest BCUT2D eigenvalue weighted by Crippen LogP contribution is -2.58. The smallest absolute Gasteiger partial charge is 0.322 e. The van der Waals surface area contributed by atoms with Crippen molar-refractivity contribution in [2.45, 2.75) is 56.8 Å². The van der Waals surface area contributed by atoms with E-state index in [1.54, 1.807) is 36.5 Å². The molecule has 3 aromatic rings. The number of hydrogen-bond donors (Lipinski definition) is 8. The van der Waals surface area contributed by atoms with Crippen molar-refractivity contribution in [1.29, 1.82) is 0 Å². The first-order valence-electron chi connectivity index (χ1n) is 13.9. The third kappa shape index (κ3) is 9.94. The van der Waals surface area contributed by atoms with Gasteiger partial charge < -0.3 is 42.2 Å². The van der Waals surface area contributed by atoms with E-state index in [4.69, 9.17) is 15.9 Å². The van der Waals surface area contributed by atoms with Crippen molar-refractivity contribution in [3.05, 3.63) is 71.9 Å². The molecule has 0 spiro atoms. The van der Waals surface area contributed by atoms with Gasteiger partial charge in [0.1, 0.15) is 24.7 Å². The SMILES string of the molecule is C[C@H](N)C(=O)N[C@@H](CCC(=O)O)C(=O)N[C@@H](Cc1ccccc1)C(=O)N[C@@H](Cc1c[nH]c2ccccc12)C(=O)NCC(=O)O. The van der Waals surface area contributed by atoms with E-state index >= 15 is 0 Å². The highest BCUT2D eigenvalue weighted by molar-refractivity contribution is 5.96. The fraction of sp³-hybridized carbons (Fsp3) is 0.333. The van der Waals surface area contributed by atoms with E-state index in [9.17, 15) is 28.8 Å². The molecule has 4 atom stereocenters. The largest absolute Gasteiger partial charge is 0.481 e. The number of carbonyl (C=O) groups is 6. The van der Waals surface area contributed by atoms with Crippen LogP contribution >= 0.6 is 0 Å². The molecular weight excluding hydrogens is 572 g/mol. The number of carboxylic acids is 2. The van der Waals surface area contributed by atoms with Gasteiger partial charge in [0.2, 0.25) is 23.6 Å². The fourth-order valence-electron chi connectivity index (χ4n) is 4.46. The number of fused-ring (bicyclic) bond motifs is 1. The summed E-state index contributed by atoms with van der Waals surface area (Å²) in [6, 6.07) is 11.3. The van der Waals surface area contributed by atoms with Crippen LogP contribution in [0.2, 0.25) is 0 Å². The number of para-hydroxylation sites is 1. The van der Waals surface area contributed by atoms with E-state index in [0.29, 0.717) is 11.1 Å². The van der Waals surface area contributed by atoms with Crippen LogP contribution in [-0.2, 0) is 41.6 Å². The number of nitrogens with two attached hydrogens (primary N) is 1. The van der Waals surface area contributed by atoms with Crippen LogP contribution in [0.5, 0.6) is 0 Å². The Bertz CT molecular complexity index is 1490. The number of rotatable bonds is 16. The minimum Gasteiger partial charge on any atom is -0.481 e. The molecule has 0 aliphatic rings. The lowest BCUT2D eigenvalue weighted by Gasteiger charge is -2.25. The van der Waals surface area contributed by atoms with Crippen molar-refractivity contribution in [3.63, 3.8) is 0 Å². The molecule has 0 aliphatic heterocycles. The molecule has 9 N–H and O–H groups in total. The Kier molecular flexibility index (Phi) is 12.0. The highest BCUT2D eigenvalue weighted by atomic mass is 16.4. The number of carboxylic acid groups (broad SMARTS) is 2. The molecular formula is C30H36N6O8. The minimum atomic E-state index is -1.31. The Morgan fingerprint density at radius 2 is 1.34 bits per heavy atom. The van der Waals surface area contributed by atoms with Crippen molar-refractivity contribution in [1.82, 2.24) is 26.3 Å². The molecule has 1 aromatic heterocycles. The van der Waals surface area contributed by atoms with Crippen LogP contribution in [0.1, 0.15) is 30.9 Å². The van der Waals surface area contributed by atoms with Crippen LogP contribution in [0.15, 0.2) is 60.8 Å². The van der Waals surface area contributed by atoms with Gasteiger partial charge in [-0.3, -0.25) is 28.8 Å². The Balaban J connectivity index is 1.88. The lowest BCUT2D eigenvalue weighted by molar-refractivity contribution is -0.139. The van der Waals surface area contributed by atoms with E-state index in [1.165, 1.54) is 6.92 Å². The van der Waals surface area contributed by atoms with Crippen molar-refractivity contribution in [2.75, 3.05) is 6.54 Å². The fourth-order valence-corrected chi connectivity index (χ4v) is 4.46. The summed E-state index contributed by atoms with van der Waals surface area (Å²) in [5.41, 5.74) is 7.76. The molecule has 14 nitrogen and oxygen atoms in total. The summed E-state index contributed by atoms with van der Waals surface area (Å²) in [6.45, 7) is 0.726. The van der Waals surface area contributed by atoms with Crippen LogP contribution in [-0.4, -0.2) is 81.5 Å². The zero-order valence-corrected chi connectivity index (χ0v) is 24.0. The van der Waals surface area contributed by atoms with Gasteiger partial charge in [0.05, 0.1) is 6.04 Å². The molecule has 234 valence electrons. The molecule has 14 heteroatoms. The highest BCUT2D eigenvalue weighted by Crippen LogP contribution is 2.19. The molecule has 2 aromatic carbocycles. The summed E-state index contributed by atoms with van der Waals surface area (Å²) in [6.07, 6.45) is 0.968. The van der Waals surface area contributed by atoms with Gasteiger partial charge in [0, 0.05) is 36.4 Å². The lowest BCUT2D eigenvalue weighted by atomic mass is 10.0. The maximum absolute atomic E-state index is 13.7. The molecule has 4 amide bonds. The molecule has 1 heterocycles. The number of amides is 4. The normalized spacial score (nSPS) is 13.6. The standard InChI is InChI=1S/C30H36N6O8/c1-17(31)27(41)34-22(11-12-25(37)38)29(43)35-23(13-18-7-3-2-4-8-18)30(44)36-24(28(42)33-16-26(39)40)14-19-15-32-21-10-6-5-9-20(19)21/h2-10,15,17,22-24,32H,11-14,16,31H2,1H3,(H,33,42)(H,34,41)(H,35,43)(H,36,44)(H,37,38)(H,39,40)/t17-,22-,23-,24-/m0/s1. The summed E-state index contributed by atoms with van der Waals surface area (Å²) in [7, 11) is 0. The Morgan fingerprint density at radius 1 is 0.750 bits per heavy atom. The van der Waals surface area contributed by atoms with Gasteiger partial charge in [-0.05, 0) is 30.5 Å². The van der Waals surface area contributed by atoms with Crippen molar-refractivity contribution < 1.29 is 39.0 Å². The molecule has 3 rings (SSSR count). The van der Waals surface area contributed by atoms with Gasteiger partial charge in [-0.25, -0.2) is 0 Å². The quantitative estimate of drug-likeness (QED) is 0.108. The Morgan fingerprint density at radius 3 is 1.98 bits per heavy atom. The predicted octanol–water partition coefficient (Wildman–Crippen LogP) is -0.180. The molecule has 0 saturated carbocycles. The van der Waals surface area contributed by atoms with Gasteiger partial charge in [-0.15, -0.1) is 0 Å². The Labute approximate surface area is 252 Å². The number of benzene rings is 2. The third-order valence-electron chi connectivity index (χ3n) is 6.75. The average Bonchev–Trinajstić information content (AvgIpc) is 3.40. The summed E-state index contributed by atoms with van der Waals surface area (Å²) in [4.78, 5) is 77.8. The molecule has 0 saturated heterocycles. The monoisotopic (exact) mass is 608 g/mol. The van der Waals surface area contributed by atoms with E-state index < -0.39 is 72.7 Å². The number of aliphatic carboxylic acids is 2. The molecule has 0 unspecified atom stereocenters. The van der Waals surface area contributed by atoms with E-state index in [0.717, 1.165) is 10.9 Å². The first-order chi connectivity index (χ1) is 20.9. The number of aromatic amines is 1. The van der Waals surface area contributed by atoms with Crippen LogP contribution in [0.3, 0.4) is 0 Å². The minimum absolute atomic E-state index is 0.00110. The number of hydrogen-bond acceptors (Lipinski definition) is 7. The Hall–Kier alpha value is -5.24. The number of H-pyrrole nitrogens is 1. The van der Waals surface area contributed by atoms with Crippen LogP contribution in [0.25, 0.3) is 10.9 Å². The second-order valence-corrected chi connectivity index (χ2v) is 10.3. The number of aromatic nitrogens is 1. The number of nitrogens with one attached hydrogen (secondary N) is 5. The van der Waals surface area contributed by atoms with Gasteiger partial charge in [-0.1, -0.05) is 48.5 Å². The van der Waals surface area contributed by atoms with Crippen molar-refractivity contribution in [2.24, 2.45) is 5.73 Å². The first kappa shape index (κ1) is 33.3. The second kappa shape index (κ2) is 15.8. The van der Waals surface area contributed by atoms with Crippen LogP contribution in [0, 0.1) is 0 Å². The topological polar surface area (TPSA) is 233 Å². The second-order valence-electron chi connectivity index (χ2n) is 10.3. The highest BCUT2D eigenvalue weighted by Gasteiger charge is 2.31. The average molecular weight is 609 g/mol. The molecule has 0 bridgehead atoms. The molecule has 0 radical (unpaired) electrons. The van der Waals surface area contributed by atoms with Crippen LogP contribution < -0.4 is 27.0 Å². The molecule has 0 fully saturated rings. The first-order valence-corrected chi connectivity index (χ1v) is 13.9. The maximum Gasteiger partial charge on any atom is 0.322 e. The van der Waals surface area contributed by atoms with Crippen molar-refractivity contribution >= 4 is 46.5 Å². The van der Waals surface area contributed by atoms with Crippen LogP contribution in [0.4, 0.5) is 0 Å². The summed E-state index contributed by atoms with van der Waals surface area (Å²) >= 11 is 0. The summed E-state index contributed by atoms with van der Waals surface area (Å²) < 4.78 is 0. The van der Waals surface area contributed by atoms with Gasteiger partial charge >= 0.3 is 11.9 Å². The predicted molar refractivity (Wildman–Crippen MR) is 159 cm³/mol. The number of carbonyl (C=O) groups excluding carboxylic acids is 4. The van der Waals surface area contributed by atoms with Gasteiger partial charge in [-0.2, -0.15) is 0 Å². The van der Waals surface area contributed by atoms with E-state index in [1.807, 2.05) is 24.3 Å². The van der Waals surface area contributed by atoms with Crippen molar-refractivity contribution in [3.8, 4) is 0 Å². The maximum atomic E-state index is 13.7. The molecule has 0 aliphatic carbocycles. The third-order valence-corrected chi connectivity index (χ3v) is 6.75.